The number of anilines is 1. The van der Waals surface area contributed by atoms with Crippen LogP contribution in [0.25, 0.3) is 0 Å². The molecule has 0 aliphatic rings. The van der Waals surface area contributed by atoms with Crippen molar-refractivity contribution >= 4 is 35.0 Å². The van der Waals surface area contributed by atoms with Crippen LogP contribution in [0.2, 0.25) is 0 Å². The van der Waals surface area contributed by atoms with Crippen molar-refractivity contribution in [3.8, 4) is 6.07 Å². The van der Waals surface area contributed by atoms with Gasteiger partial charge in [-0.15, -0.1) is 0 Å². The van der Waals surface area contributed by atoms with Crippen LogP contribution in [0.4, 0.5) is 11.4 Å². The Kier molecular flexibility index (Phi) is 6.59. The lowest BCUT2D eigenvalue weighted by Crippen LogP contribution is -2.37. The van der Waals surface area contributed by atoms with Gasteiger partial charge in [-0.25, -0.2) is 4.99 Å². The Balaban J connectivity index is 2.83. The van der Waals surface area contributed by atoms with Crippen LogP contribution in [-0.2, 0) is 0 Å². The molecular formula is C14H19N5OS. The average molecular weight is 305 g/mol. The SMILES string of the molecule is CC(CO)NC(=S)Nc1ccc(/N=C/N(C)C)c(C#N)c1. The van der Waals surface area contributed by atoms with E-state index in [4.69, 9.17) is 17.3 Å². The Morgan fingerprint density at radius 1 is 1.57 bits per heavy atom. The predicted octanol–water partition coefficient (Wildman–Crippen LogP) is 1.45. The number of nitrogens with zero attached hydrogens (tertiary/aromatic N) is 3. The van der Waals surface area contributed by atoms with E-state index in [1.807, 2.05) is 21.0 Å². The van der Waals surface area contributed by atoms with Crippen LogP contribution in [0, 0.1) is 11.3 Å². The van der Waals surface area contributed by atoms with Crippen molar-refractivity contribution in [2.24, 2.45) is 4.99 Å². The Hall–Kier alpha value is -2.17. The zero-order chi connectivity index (χ0) is 15.8. The molecule has 1 rings (SSSR count). The van der Waals surface area contributed by atoms with E-state index in [1.165, 1.54) is 0 Å². The molecular weight excluding hydrogens is 286 g/mol. The molecule has 0 saturated carbocycles. The van der Waals surface area contributed by atoms with E-state index in [2.05, 4.69) is 21.7 Å². The van der Waals surface area contributed by atoms with E-state index in [1.54, 1.807) is 29.4 Å². The molecule has 0 radical (unpaired) electrons. The van der Waals surface area contributed by atoms with Gasteiger partial charge in [-0.05, 0) is 37.3 Å². The third-order valence-corrected chi connectivity index (χ3v) is 2.67. The zero-order valence-electron chi connectivity index (χ0n) is 12.3. The van der Waals surface area contributed by atoms with Crippen LogP contribution in [0.1, 0.15) is 12.5 Å². The summed E-state index contributed by atoms with van der Waals surface area (Å²) in [7, 11) is 3.72. The molecule has 1 aromatic rings. The summed E-state index contributed by atoms with van der Waals surface area (Å²) in [4.78, 5) is 6.02. The molecule has 1 aromatic carbocycles. The number of nitrogens with one attached hydrogen (secondary N) is 2. The molecule has 0 heterocycles. The minimum atomic E-state index is -0.135. The summed E-state index contributed by atoms with van der Waals surface area (Å²) in [6, 6.07) is 7.20. The number of thiocarbonyl (C=S) groups is 1. The van der Waals surface area contributed by atoms with Crippen LogP contribution in [0.3, 0.4) is 0 Å². The fourth-order valence-electron chi connectivity index (χ4n) is 1.43. The largest absolute Gasteiger partial charge is 0.394 e. The summed E-state index contributed by atoms with van der Waals surface area (Å²) in [6.45, 7) is 1.80. The topological polar surface area (TPSA) is 83.7 Å². The summed E-state index contributed by atoms with van der Waals surface area (Å²) >= 11 is 5.12. The highest BCUT2D eigenvalue weighted by molar-refractivity contribution is 7.80. The Morgan fingerprint density at radius 2 is 2.29 bits per heavy atom. The van der Waals surface area contributed by atoms with Gasteiger partial charge in [0.25, 0.3) is 0 Å². The van der Waals surface area contributed by atoms with Crippen molar-refractivity contribution in [3.05, 3.63) is 23.8 Å². The lowest BCUT2D eigenvalue weighted by atomic mass is 10.2. The normalized spacial score (nSPS) is 11.8. The van der Waals surface area contributed by atoms with E-state index in [-0.39, 0.29) is 12.6 Å². The summed E-state index contributed by atoms with van der Waals surface area (Å²) in [5, 5.41) is 24.4. The van der Waals surface area contributed by atoms with Gasteiger partial charge in [0, 0.05) is 25.8 Å². The minimum absolute atomic E-state index is 0.0105. The fraction of sp³-hybridized carbons (Fsp3) is 0.357. The molecule has 0 aromatic heterocycles. The molecule has 1 unspecified atom stereocenters. The van der Waals surface area contributed by atoms with Crippen molar-refractivity contribution in [3.63, 3.8) is 0 Å². The lowest BCUT2D eigenvalue weighted by Gasteiger charge is -2.15. The molecule has 6 nitrogen and oxygen atoms in total. The van der Waals surface area contributed by atoms with E-state index in [0.29, 0.717) is 22.1 Å². The number of nitriles is 1. The van der Waals surface area contributed by atoms with Gasteiger partial charge in [-0.2, -0.15) is 5.26 Å². The fourth-order valence-corrected chi connectivity index (χ4v) is 1.75. The molecule has 21 heavy (non-hydrogen) atoms. The highest BCUT2D eigenvalue weighted by Gasteiger charge is 2.06. The number of hydrogen-bond acceptors (Lipinski definition) is 4. The zero-order valence-corrected chi connectivity index (χ0v) is 13.1. The predicted molar refractivity (Wildman–Crippen MR) is 88.9 cm³/mol. The van der Waals surface area contributed by atoms with E-state index in [9.17, 15) is 5.26 Å². The molecule has 112 valence electrons. The number of rotatable bonds is 5. The third-order valence-electron chi connectivity index (χ3n) is 2.45. The van der Waals surface area contributed by atoms with Crippen LogP contribution >= 0.6 is 12.2 Å². The van der Waals surface area contributed by atoms with Gasteiger partial charge < -0.3 is 20.6 Å². The van der Waals surface area contributed by atoms with E-state index < -0.39 is 0 Å². The minimum Gasteiger partial charge on any atom is -0.394 e. The first-order valence-corrected chi connectivity index (χ1v) is 6.80. The van der Waals surface area contributed by atoms with Gasteiger partial charge in [0.15, 0.2) is 5.11 Å². The third kappa shape index (κ3) is 5.77. The quantitative estimate of drug-likeness (QED) is 0.434. The summed E-state index contributed by atoms with van der Waals surface area (Å²) in [5.74, 6) is 0. The maximum absolute atomic E-state index is 9.18. The Labute approximate surface area is 130 Å². The van der Waals surface area contributed by atoms with Crippen molar-refractivity contribution < 1.29 is 5.11 Å². The molecule has 7 heteroatoms. The van der Waals surface area contributed by atoms with Gasteiger partial charge >= 0.3 is 0 Å². The van der Waals surface area contributed by atoms with Crippen molar-refractivity contribution in [1.82, 2.24) is 10.2 Å². The molecule has 1 atom stereocenters. The van der Waals surface area contributed by atoms with Crippen molar-refractivity contribution in [1.29, 1.82) is 5.26 Å². The number of aliphatic imine (C=N–C) groups is 1. The second kappa shape index (κ2) is 8.19. The van der Waals surface area contributed by atoms with Crippen LogP contribution in [0.15, 0.2) is 23.2 Å². The van der Waals surface area contributed by atoms with Gasteiger partial charge in [0.1, 0.15) is 6.07 Å². The number of benzene rings is 1. The summed E-state index contributed by atoms with van der Waals surface area (Å²) < 4.78 is 0. The second-order valence-corrected chi connectivity index (χ2v) is 5.14. The molecule has 0 saturated heterocycles. The number of aliphatic hydroxyl groups excluding tert-OH is 1. The molecule has 0 spiro atoms. The highest BCUT2D eigenvalue weighted by atomic mass is 32.1. The molecule has 0 aliphatic carbocycles. The van der Waals surface area contributed by atoms with Crippen molar-refractivity contribution in [2.75, 3.05) is 26.0 Å². The van der Waals surface area contributed by atoms with E-state index >= 15 is 0 Å². The molecule has 0 fully saturated rings. The van der Waals surface area contributed by atoms with Crippen molar-refractivity contribution in [2.45, 2.75) is 13.0 Å². The summed E-state index contributed by atoms with van der Waals surface area (Å²) in [6.07, 6.45) is 1.64. The summed E-state index contributed by atoms with van der Waals surface area (Å²) in [5.41, 5.74) is 1.74. The second-order valence-electron chi connectivity index (χ2n) is 4.73. The Bertz CT molecular complexity index is 565. The highest BCUT2D eigenvalue weighted by Crippen LogP contribution is 2.22. The van der Waals surface area contributed by atoms with Crippen LogP contribution < -0.4 is 10.6 Å². The Morgan fingerprint density at radius 3 is 2.86 bits per heavy atom. The number of hydrogen-bond donors (Lipinski definition) is 3. The molecule has 0 amide bonds. The first-order chi connectivity index (χ1) is 9.96. The lowest BCUT2D eigenvalue weighted by molar-refractivity contribution is 0.264. The molecule has 0 aliphatic heterocycles. The maximum atomic E-state index is 9.18. The van der Waals surface area contributed by atoms with Crippen LogP contribution in [-0.4, -0.2) is 48.2 Å². The standard InChI is InChI=1S/C14H19N5OS/c1-10(8-20)17-14(21)18-12-4-5-13(11(6-12)7-15)16-9-19(2)3/h4-6,9-10,20H,8H2,1-3H3,(H2,17,18,21)/b16-9+. The average Bonchev–Trinajstić information content (AvgIpc) is 2.45. The van der Waals surface area contributed by atoms with Gasteiger partial charge in [-0.1, -0.05) is 0 Å². The van der Waals surface area contributed by atoms with Crippen LogP contribution in [0.5, 0.6) is 0 Å². The monoisotopic (exact) mass is 305 g/mol. The van der Waals surface area contributed by atoms with Gasteiger partial charge in [-0.3, -0.25) is 0 Å². The molecule has 3 N–H and O–H groups in total. The smallest absolute Gasteiger partial charge is 0.171 e. The maximum Gasteiger partial charge on any atom is 0.171 e. The first kappa shape index (κ1) is 16.9. The van der Waals surface area contributed by atoms with E-state index in [0.717, 1.165) is 0 Å². The molecule has 0 bridgehead atoms. The van der Waals surface area contributed by atoms with Gasteiger partial charge in [0.05, 0.1) is 24.2 Å². The first-order valence-electron chi connectivity index (χ1n) is 6.39. The van der Waals surface area contributed by atoms with Gasteiger partial charge in [0.2, 0.25) is 0 Å². The number of aliphatic hydroxyl groups is 1.